The van der Waals surface area contributed by atoms with Crippen molar-refractivity contribution in [3.05, 3.63) is 0 Å². The third-order valence-corrected chi connectivity index (χ3v) is 3.27. The van der Waals surface area contributed by atoms with E-state index in [1.807, 2.05) is 20.8 Å². The van der Waals surface area contributed by atoms with Crippen LogP contribution in [0.2, 0.25) is 0 Å². The molecular formula is C13H25ClN4O3. The van der Waals surface area contributed by atoms with Crippen molar-refractivity contribution in [2.75, 3.05) is 39.3 Å². The Labute approximate surface area is 131 Å². The molecule has 0 saturated carbocycles. The molecule has 0 aliphatic carbocycles. The Morgan fingerprint density at radius 3 is 2.33 bits per heavy atom. The van der Waals surface area contributed by atoms with Gasteiger partial charge in [0.2, 0.25) is 5.91 Å². The molecule has 0 unspecified atom stereocenters. The molecule has 1 aliphatic rings. The fraction of sp³-hybridized carbons (Fsp3) is 0.769. The summed E-state index contributed by atoms with van der Waals surface area (Å²) in [6.45, 7) is 8.50. The number of piperazine rings is 1. The second-order valence-electron chi connectivity index (χ2n) is 4.87. The highest BCUT2D eigenvalue weighted by Gasteiger charge is 2.32. The van der Waals surface area contributed by atoms with Gasteiger partial charge < -0.3 is 20.4 Å². The van der Waals surface area contributed by atoms with E-state index in [-0.39, 0.29) is 30.9 Å². The topological polar surface area (TPSA) is 81.8 Å². The van der Waals surface area contributed by atoms with Crippen LogP contribution in [0.1, 0.15) is 20.8 Å². The number of amides is 3. The molecule has 1 fully saturated rings. The summed E-state index contributed by atoms with van der Waals surface area (Å²) in [6.07, 6.45) is 0. The van der Waals surface area contributed by atoms with Gasteiger partial charge in [-0.2, -0.15) is 0 Å². The Balaban J connectivity index is 0.00000400. The third kappa shape index (κ3) is 5.89. The average molecular weight is 321 g/mol. The zero-order valence-electron chi connectivity index (χ0n) is 12.8. The maximum absolute atomic E-state index is 11.8. The van der Waals surface area contributed by atoms with E-state index in [9.17, 15) is 14.4 Å². The summed E-state index contributed by atoms with van der Waals surface area (Å²) in [5.74, 6) is -1.35. The average Bonchev–Trinajstić information content (AvgIpc) is 2.42. The molecular weight excluding hydrogens is 296 g/mol. The Hall–Kier alpha value is -1.34. The van der Waals surface area contributed by atoms with Crippen LogP contribution in [0.5, 0.6) is 0 Å². The first-order valence-corrected chi connectivity index (χ1v) is 7.07. The molecule has 0 aromatic heterocycles. The summed E-state index contributed by atoms with van der Waals surface area (Å²) in [5, 5.41) is 5.93. The first-order chi connectivity index (χ1) is 9.49. The lowest BCUT2D eigenvalue weighted by atomic mass is 10.2. The predicted octanol–water partition coefficient (Wildman–Crippen LogP) is -0.787. The lowest BCUT2D eigenvalue weighted by Crippen LogP contribution is -2.56. The Bertz CT molecular complexity index is 378. The number of carbonyl (C=O) groups is 3. The second-order valence-corrected chi connectivity index (χ2v) is 4.87. The van der Waals surface area contributed by atoms with Gasteiger partial charge in [0.05, 0.1) is 0 Å². The van der Waals surface area contributed by atoms with Crippen LogP contribution in [0.4, 0.5) is 0 Å². The van der Waals surface area contributed by atoms with Gasteiger partial charge >= 0.3 is 11.8 Å². The molecule has 1 aliphatic heterocycles. The monoisotopic (exact) mass is 320 g/mol. The normalized spacial score (nSPS) is 16.5. The highest BCUT2D eigenvalue weighted by Crippen LogP contribution is 2.04. The Kier molecular flexibility index (Phi) is 8.96. The van der Waals surface area contributed by atoms with E-state index < -0.39 is 11.8 Å². The number of nitrogens with zero attached hydrogens (tertiary/aromatic N) is 2. The summed E-state index contributed by atoms with van der Waals surface area (Å²) in [7, 11) is 0. The summed E-state index contributed by atoms with van der Waals surface area (Å²) in [5.41, 5.74) is 0. The molecule has 1 rings (SSSR count). The Morgan fingerprint density at radius 1 is 1.19 bits per heavy atom. The van der Waals surface area contributed by atoms with Crippen LogP contribution < -0.4 is 10.6 Å². The quantitative estimate of drug-likeness (QED) is 0.603. The second kappa shape index (κ2) is 9.57. The zero-order valence-corrected chi connectivity index (χ0v) is 13.7. The van der Waals surface area contributed by atoms with E-state index in [4.69, 9.17) is 0 Å². The van der Waals surface area contributed by atoms with E-state index in [0.717, 1.165) is 6.54 Å². The summed E-state index contributed by atoms with van der Waals surface area (Å²) < 4.78 is 0. The first-order valence-electron chi connectivity index (χ1n) is 7.07. The van der Waals surface area contributed by atoms with Crippen molar-refractivity contribution in [1.29, 1.82) is 0 Å². The molecule has 0 aromatic carbocycles. The van der Waals surface area contributed by atoms with E-state index in [1.54, 1.807) is 0 Å². The molecule has 1 saturated heterocycles. The van der Waals surface area contributed by atoms with Crippen molar-refractivity contribution in [2.45, 2.75) is 26.8 Å². The van der Waals surface area contributed by atoms with Gasteiger partial charge in [-0.25, -0.2) is 0 Å². The van der Waals surface area contributed by atoms with Crippen LogP contribution in [0.3, 0.4) is 0 Å². The summed E-state index contributed by atoms with van der Waals surface area (Å²) in [6, 6.07) is 0.179. The molecule has 0 radical (unpaired) electrons. The predicted molar refractivity (Wildman–Crippen MR) is 82.2 cm³/mol. The van der Waals surface area contributed by atoms with Crippen LogP contribution in [0.25, 0.3) is 0 Å². The molecule has 122 valence electrons. The molecule has 0 aromatic rings. The molecule has 0 spiro atoms. The van der Waals surface area contributed by atoms with Crippen molar-refractivity contribution in [3.8, 4) is 0 Å². The van der Waals surface area contributed by atoms with E-state index in [0.29, 0.717) is 26.2 Å². The van der Waals surface area contributed by atoms with Gasteiger partial charge in [0, 0.05) is 32.2 Å². The van der Waals surface area contributed by atoms with Crippen LogP contribution in [-0.2, 0) is 14.4 Å². The minimum atomic E-state index is -0.590. The number of nitrogens with one attached hydrogen (secondary N) is 2. The van der Waals surface area contributed by atoms with Gasteiger partial charge in [0.25, 0.3) is 0 Å². The molecule has 7 nitrogen and oxygen atoms in total. The van der Waals surface area contributed by atoms with Crippen LogP contribution in [0.15, 0.2) is 0 Å². The van der Waals surface area contributed by atoms with Gasteiger partial charge in [-0.3, -0.25) is 14.4 Å². The van der Waals surface area contributed by atoms with E-state index in [2.05, 4.69) is 10.6 Å². The maximum Gasteiger partial charge on any atom is 0.312 e. The number of halogens is 1. The van der Waals surface area contributed by atoms with E-state index >= 15 is 0 Å². The standard InChI is InChI=1S/C13H24N4O3.ClH/c1-4-14-10(3)8-15-11(18)9-17-7-6-16(5-2)12(19)13(17)20;/h10,14H,4-9H2,1-3H3,(H,15,18);1H/t10-;/m1./s1. The zero-order chi connectivity index (χ0) is 15.1. The van der Waals surface area contributed by atoms with Gasteiger partial charge in [0.1, 0.15) is 6.54 Å². The van der Waals surface area contributed by atoms with Crippen molar-refractivity contribution in [1.82, 2.24) is 20.4 Å². The van der Waals surface area contributed by atoms with E-state index in [1.165, 1.54) is 9.80 Å². The van der Waals surface area contributed by atoms with Gasteiger partial charge in [0.15, 0.2) is 0 Å². The highest BCUT2D eigenvalue weighted by molar-refractivity contribution is 6.35. The van der Waals surface area contributed by atoms with Crippen molar-refractivity contribution < 1.29 is 14.4 Å². The molecule has 1 atom stereocenters. The van der Waals surface area contributed by atoms with Crippen LogP contribution >= 0.6 is 12.4 Å². The number of hydrogen-bond donors (Lipinski definition) is 2. The van der Waals surface area contributed by atoms with Crippen molar-refractivity contribution in [2.24, 2.45) is 0 Å². The molecule has 21 heavy (non-hydrogen) atoms. The van der Waals surface area contributed by atoms with Crippen LogP contribution in [0, 0.1) is 0 Å². The van der Waals surface area contributed by atoms with Gasteiger partial charge in [-0.1, -0.05) is 6.92 Å². The third-order valence-electron chi connectivity index (χ3n) is 3.27. The largest absolute Gasteiger partial charge is 0.353 e. The minimum Gasteiger partial charge on any atom is -0.353 e. The fourth-order valence-electron chi connectivity index (χ4n) is 2.08. The number of hydrogen-bond acceptors (Lipinski definition) is 4. The van der Waals surface area contributed by atoms with Crippen molar-refractivity contribution >= 4 is 30.1 Å². The number of rotatable bonds is 7. The maximum atomic E-state index is 11.8. The summed E-state index contributed by atoms with van der Waals surface area (Å²) >= 11 is 0. The SMILES string of the molecule is CCN[C@H](C)CNC(=O)CN1CCN(CC)C(=O)C1=O.Cl. The molecule has 3 amide bonds. The Morgan fingerprint density at radius 2 is 1.76 bits per heavy atom. The summed E-state index contributed by atoms with van der Waals surface area (Å²) in [4.78, 5) is 38.1. The first kappa shape index (κ1) is 19.7. The molecule has 0 bridgehead atoms. The fourth-order valence-corrected chi connectivity index (χ4v) is 2.08. The molecule has 2 N–H and O–H groups in total. The van der Waals surface area contributed by atoms with Gasteiger partial charge in [-0.15, -0.1) is 12.4 Å². The van der Waals surface area contributed by atoms with Crippen LogP contribution in [-0.4, -0.2) is 72.8 Å². The molecule has 8 heteroatoms. The number of carbonyl (C=O) groups excluding carboxylic acids is 3. The lowest BCUT2D eigenvalue weighted by molar-refractivity contribution is -0.156. The smallest absolute Gasteiger partial charge is 0.312 e. The lowest BCUT2D eigenvalue weighted by Gasteiger charge is -2.32. The van der Waals surface area contributed by atoms with Crippen molar-refractivity contribution in [3.63, 3.8) is 0 Å². The molecule has 1 heterocycles. The highest BCUT2D eigenvalue weighted by atomic mass is 35.5. The number of likely N-dealkylation sites (N-methyl/N-ethyl adjacent to an activating group) is 2. The van der Waals surface area contributed by atoms with Gasteiger partial charge in [-0.05, 0) is 20.4 Å². The minimum absolute atomic E-state index is 0.